The van der Waals surface area contributed by atoms with Gasteiger partial charge in [0, 0.05) is 32.4 Å². The van der Waals surface area contributed by atoms with E-state index < -0.39 is 0 Å². The molecule has 0 aliphatic carbocycles. The third-order valence-corrected chi connectivity index (χ3v) is 3.96. The molecule has 6 nitrogen and oxygen atoms in total. The standard InChI is InChI=1S/C18H31N5O.HI/c1-4-6-9-20-18(19-5-2)22-13-16-7-8-17(21-12-16)23-10-11-24-15(3)14-23;/h7-8,12,15H,4-6,9-11,13-14H2,1-3H3,(H2,19,20,22);1H. The van der Waals surface area contributed by atoms with Gasteiger partial charge in [-0.1, -0.05) is 19.4 Å². The highest BCUT2D eigenvalue weighted by atomic mass is 127. The van der Waals surface area contributed by atoms with E-state index in [-0.39, 0.29) is 30.1 Å². The van der Waals surface area contributed by atoms with Crippen LogP contribution in [0.25, 0.3) is 0 Å². The predicted molar refractivity (Wildman–Crippen MR) is 115 cm³/mol. The van der Waals surface area contributed by atoms with E-state index in [9.17, 15) is 0 Å². The van der Waals surface area contributed by atoms with Gasteiger partial charge in [-0.15, -0.1) is 24.0 Å². The Kier molecular flexibility index (Phi) is 10.8. The lowest BCUT2D eigenvalue weighted by Gasteiger charge is -2.32. The van der Waals surface area contributed by atoms with Gasteiger partial charge in [0.1, 0.15) is 5.82 Å². The van der Waals surface area contributed by atoms with Crippen LogP contribution < -0.4 is 15.5 Å². The Morgan fingerprint density at radius 1 is 1.36 bits per heavy atom. The number of halogens is 1. The van der Waals surface area contributed by atoms with Crippen molar-refractivity contribution in [2.45, 2.75) is 46.3 Å². The average molecular weight is 461 g/mol. The summed E-state index contributed by atoms with van der Waals surface area (Å²) >= 11 is 0. The van der Waals surface area contributed by atoms with Crippen molar-refractivity contribution >= 4 is 35.8 Å². The summed E-state index contributed by atoms with van der Waals surface area (Å²) in [4.78, 5) is 11.5. The number of aromatic nitrogens is 1. The van der Waals surface area contributed by atoms with Crippen LogP contribution in [0.4, 0.5) is 5.82 Å². The molecule has 25 heavy (non-hydrogen) atoms. The van der Waals surface area contributed by atoms with Crippen molar-refractivity contribution in [1.82, 2.24) is 15.6 Å². The van der Waals surface area contributed by atoms with Crippen molar-refractivity contribution in [3.05, 3.63) is 23.9 Å². The van der Waals surface area contributed by atoms with Gasteiger partial charge in [0.05, 0.1) is 19.3 Å². The number of unbranched alkanes of at least 4 members (excludes halogenated alkanes) is 1. The van der Waals surface area contributed by atoms with Crippen molar-refractivity contribution in [3.8, 4) is 0 Å². The summed E-state index contributed by atoms with van der Waals surface area (Å²) in [7, 11) is 0. The first-order chi connectivity index (χ1) is 11.7. The molecule has 1 aliphatic heterocycles. The third-order valence-electron chi connectivity index (χ3n) is 3.96. The van der Waals surface area contributed by atoms with Crippen LogP contribution in [0.2, 0.25) is 0 Å². The van der Waals surface area contributed by atoms with Gasteiger partial charge in [-0.05, 0) is 31.9 Å². The van der Waals surface area contributed by atoms with Crippen LogP contribution in [0.15, 0.2) is 23.3 Å². The first-order valence-corrected chi connectivity index (χ1v) is 9.06. The number of nitrogens with one attached hydrogen (secondary N) is 2. The van der Waals surface area contributed by atoms with Gasteiger partial charge in [0.25, 0.3) is 0 Å². The second kappa shape index (κ2) is 12.3. The fourth-order valence-electron chi connectivity index (χ4n) is 2.62. The largest absolute Gasteiger partial charge is 0.375 e. The van der Waals surface area contributed by atoms with E-state index in [1.54, 1.807) is 0 Å². The minimum atomic E-state index is 0. The quantitative estimate of drug-likeness (QED) is 0.283. The fourth-order valence-corrected chi connectivity index (χ4v) is 2.62. The van der Waals surface area contributed by atoms with E-state index in [4.69, 9.17) is 4.74 Å². The second-order valence-corrected chi connectivity index (χ2v) is 6.13. The van der Waals surface area contributed by atoms with Gasteiger partial charge in [-0.25, -0.2) is 9.98 Å². The molecule has 2 rings (SSSR count). The lowest BCUT2D eigenvalue weighted by atomic mass is 10.2. The number of hydrogen-bond acceptors (Lipinski definition) is 4. The Labute approximate surface area is 168 Å². The van der Waals surface area contributed by atoms with Gasteiger partial charge in [-0.2, -0.15) is 0 Å². The normalized spacial score (nSPS) is 17.8. The molecule has 0 amide bonds. The number of morpholine rings is 1. The summed E-state index contributed by atoms with van der Waals surface area (Å²) in [6.07, 6.45) is 4.52. The van der Waals surface area contributed by atoms with Crippen LogP contribution in [0, 0.1) is 0 Å². The molecule has 1 saturated heterocycles. The Bertz CT molecular complexity index is 509. The van der Waals surface area contributed by atoms with Crippen molar-refractivity contribution in [1.29, 1.82) is 0 Å². The Balaban J connectivity index is 0.00000312. The summed E-state index contributed by atoms with van der Waals surface area (Å²) < 4.78 is 5.58. The minimum absolute atomic E-state index is 0. The molecule has 1 atom stereocenters. The maximum Gasteiger partial charge on any atom is 0.191 e. The molecule has 0 saturated carbocycles. The zero-order valence-electron chi connectivity index (χ0n) is 15.6. The summed E-state index contributed by atoms with van der Waals surface area (Å²) in [6.45, 7) is 11.4. The van der Waals surface area contributed by atoms with E-state index in [1.165, 1.54) is 6.42 Å². The number of anilines is 1. The minimum Gasteiger partial charge on any atom is -0.375 e. The van der Waals surface area contributed by atoms with Crippen LogP contribution >= 0.6 is 24.0 Å². The monoisotopic (exact) mass is 461 g/mol. The first-order valence-electron chi connectivity index (χ1n) is 9.06. The van der Waals surface area contributed by atoms with E-state index in [0.717, 1.165) is 56.5 Å². The molecular formula is C18H32IN5O. The molecule has 1 fully saturated rings. The molecule has 142 valence electrons. The number of hydrogen-bond donors (Lipinski definition) is 2. The molecule has 0 spiro atoms. The number of aliphatic imine (C=N–C) groups is 1. The van der Waals surface area contributed by atoms with Crippen molar-refractivity contribution in [2.75, 3.05) is 37.7 Å². The van der Waals surface area contributed by atoms with Crippen LogP contribution in [0.1, 0.15) is 39.2 Å². The number of guanidine groups is 1. The summed E-state index contributed by atoms with van der Waals surface area (Å²) in [5, 5.41) is 6.63. The van der Waals surface area contributed by atoms with E-state index in [0.29, 0.717) is 6.54 Å². The molecule has 2 N–H and O–H groups in total. The highest BCUT2D eigenvalue weighted by Crippen LogP contribution is 2.15. The van der Waals surface area contributed by atoms with Crippen LogP contribution in [0.3, 0.4) is 0 Å². The summed E-state index contributed by atoms with van der Waals surface area (Å²) in [5.74, 6) is 1.89. The fraction of sp³-hybridized carbons (Fsp3) is 0.667. The molecular weight excluding hydrogens is 429 g/mol. The van der Waals surface area contributed by atoms with Gasteiger partial charge in [-0.3, -0.25) is 0 Å². The van der Waals surface area contributed by atoms with Gasteiger partial charge < -0.3 is 20.3 Å². The predicted octanol–water partition coefficient (Wildman–Crippen LogP) is 2.78. The van der Waals surface area contributed by atoms with E-state index in [1.807, 2.05) is 6.20 Å². The van der Waals surface area contributed by atoms with Crippen molar-refractivity contribution in [3.63, 3.8) is 0 Å². The first kappa shape index (κ1) is 22.0. The van der Waals surface area contributed by atoms with Crippen LogP contribution in [-0.2, 0) is 11.3 Å². The van der Waals surface area contributed by atoms with Gasteiger partial charge >= 0.3 is 0 Å². The third kappa shape index (κ3) is 7.77. The zero-order chi connectivity index (χ0) is 17.2. The molecule has 1 unspecified atom stereocenters. The summed E-state index contributed by atoms with van der Waals surface area (Å²) in [5.41, 5.74) is 1.12. The SMILES string of the molecule is CCCCNC(=NCc1ccc(N2CCOC(C)C2)nc1)NCC.I. The van der Waals surface area contributed by atoms with E-state index in [2.05, 4.69) is 58.4 Å². The topological polar surface area (TPSA) is 61.8 Å². The smallest absolute Gasteiger partial charge is 0.191 e. The Hall–Kier alpha value is -1.09. The summed E-state index contributed by atoms with van der Waals surface area (Å²) in [6, 6.07) is 4.20. The van der Waals surface area contributed by atoms with Crippen molar-refractivity contribution in [2.24, 2.45) is 4.99 Å². The highest BCUT2D eigenvalue weighted by Gasteiger charge is 2.17. The number of rotatable bonds is 7. The highest BCUT2D eigenvalue weighted by molar-refractivity contribution is 14.0. The number of nitrogens with zero attached hydrogens (tertiary/aromatic N) is 3. The van der Waals surface area contributed by atoms with Gasteiger partial charge in [0.2, 0.25) is 0 Å². The van der Waals surface area contributed by atoms with Crippen molar-refractivity contribution < 1.29 is 4.74 Å². The average Bonchev–Trinajstić information content (AvgIpc) is 2.60. The Morgan fingerprint density at radius 2 is 2.20 bits per heavy atom. The number of ether oxygens (including phenoxy) is 1. The van der Waals surface area contributed by atoms with Crippen LogP contribution in [-0.4, -0.2) is 49.8 Å². The van der Waals surface area contributed by atoms with Crippen LogP contribution in [0.5, 0.6) is 0 Å². The molecule has 7 heteroatoms. The molecule has 0 radical (unpaired) electrons. The maximum atomic E-state index is 5.58. The molecule has 2 heterocycles. The zero-order valence-corrected chi connectivity index (χ0v) is 18.0. The van der Waals surface area contributed by atoms with Gasteiger partial charge in [0.15, 0.2) is 5.96 Å². The lowest BCUT2D eigenvalue weighted by molar-refractivity contribution is 0.0529. The molecule has 0 aromatic carbocycles. The molecule has 1 aromatic rings. The maximum absolute atomic E-state index is 5.58. The second-order valence-electron chi connectivity index (χ2n) is 6.13. The number of pyridine rings is 1. The molecule has 1 aliphatic rings. The lowest BCUT2D eigenvalue weighted by Crippen LogP contribution is -2.41. The molecule has 1 aromatic heterocycles. The van der Waals surface area contributed by atoms with E-state index >= 15 is 0 Å². The molecule has 0 bridgehead atoms. The Morgan fingerprint density at radius 3 is 2.84 bits per heavy atom.